The van der Waals surface area contributed by atoms with Crippen molar-refractivity contribution in [2.45, 2.75) is 27.2 Å². The standard InChI is InChI=1S/C19H20N2O/c1-4-16-19(22)18(15-11-9-13(2)10-12-15)21(20-16)17-8-6-5-7-14(17)3/h5-12,22H,4H2,1-3H3. The second-order valence-corrected chi connectivity index (χ2v) is 5.56. The van der Waals surface area contributed by atoms with E-state index in [-0.39, 0.29) is 5.75 Å². The van der Waals surface area contributed by atoms with Crippen LogP contribution in [0, 0.1) is 13.8 Å². The number of hydrogen-bond acceptors (Lipinski definition) is 2. The van der Waals surface area contributed by atoms with Crippen LogP contribution in [0.2, 0.25) is 0 Å². The van der Waals surface area contributed by atoms with Gasteiger partial charge in [0.1, 0.15) is 11.4 Å². The molecule has 3 rings (SSSR count). The molecule has 0 aliphatic carbocycles. The van der Waals surface area contributed by atoms with Gasteiger partial charge in [0.2, 0.25) is 0 Å². The van der Waals surface area contributed by atoms with Gasteiger partial charge in [-0.3, -0.25) is 0 Å². The Morgan fingerprint density at radius 1 is 1.00 bits per heavy atom. The van der Waals surface area contributed by atoms with E-state index in [4.69, 9.17) is 0 Å². The van der Waals surface area contributed by atoms with Crippen molar-refractivity contribution in [2.24, 2.45) is 0 Å². The highest BCUT2D eigenvalue weighted by Crippen LogP contribution is 2.35. The number of aromatic hydroxyl groups is 1. The monoisotopic (exact) mass is 292 g/mol. The molecule has 0 radical (unpaired) electrons. The number of aromatic nitrogens is 2. The number of para-hydroxylation sites is 1. The maximum atomic E-state index is 10.6. The van der Waals surface area contributed by atoms with Gasteiger partial charge in [-0.1, -0.05) is 55.0 Å². The van der Waals surface area contributed by atoms with Crippen LogP contribution in [0.5, 0.6) is 5.75 Å². The van der Waals surface area contributed by atoms with Crippen LogP contribution in [0.15, 0.2) is 48.5 Å². The van der Waals surface area contributed by atoms with E-state index >= 15 is 0 Å². The molecule has 0 saturated carbocycles. The first-order valence-corrected chi connectivity index (χ1v) is 7.55. The molecule has 3 nitrogen and oxygen atoms in total. The molecule has 0 amide bonds. The minimum Gasteiger partial charge on any atom is -0.504 e. The van der Waals surface area contributed by atoms with Gasteiger partial charge in [0, 0.05) is 5.56 Å². The predicted molar refractivity (Wildman–Crippen MR) is 89.5 cm³/mol. The summed E-state index contributed by atoms with van der Waals surface area (Å²) in [6.45, 7) is 6.11. The minimum atomic E-state index is 0.273. The second kappa shape index (κ2) is 5.68. The summed E-state index contributed by atoms with van der Waals surface area (Å²) >= 11 is 0. The second-order valence-electron chi connectivity index (χ2n) is 5.56. The van der Waals surface area contributed by atoms with Crippen LogP contribution in [0.3, 0.4) is 0 Å². The molecular formula is C19H20N2O. The van der Waals surface area contributed by atoms with Crippen molar-refractivity contribution in [2.75, 3.05) is 0 Å². The topological polar surface area (TPSA) is 38.0 Å². The molecule has 3 aromatic rings. The Morgan fingerprint density at radius 3 is 2.32 bits per heavy atom. The first kappa shape index (κ1) is 14.4. The van der Waals surface area contributed by atoms with Crippen molar-refractivity contribution < 1.29 is 5.11 Å². The zero-order valence-electron chi connectivity index (χ0n) is 13.2. The molecule has 0 spiro atoms. The zero-order valence-corrected chi connectivity index (χ0v) is 13.2. The van der Waals surface area contributed by atoms with E-state index in [1.165, 1.54) is 5.56 Å². The smallest absolute Gasteiger partial charge is 0.165 e. The van der Waals surface area contributed by atoms with Crippen LogP contribution in [-0.4, -0.2) is 14.9 Å². The summed E-state index contributed by atoms with van der Waals surface area (Å²) in [4.78, 5) is 0. The molecule has 112 valence electrons. The van der Waals surface area contributed by atoms with Gasteiger partial charge in [-0.15, -0.1) is 0 Å². The van der Waals surface area contributed by atoms with Crippen molar-refractivity contribution in [3.8, 4) is 22.7 Å². The van der Waals surface area contributed by atoms with Gasteiger partial charge in [0.15, 0.2) is 5.75 Å². The van der Waals surface area contributed by atoms with Gasteiger partial charge in [-0.25, -0.2) is 4.68 Å². The quantitative estimate of drug-likeness (QED) is 0.775. The lowest BCUT2D eigenvalue weighted by atomic mass is 10.1. The molecule has 1 aromatic heterocycles. The van der Waals surface area contributed by atoms with E-state index in [2.05, 4.69) is 37.1 Å². The zero-order chi connectivity index (χ0) is 15.7. The van der Waals surface area contributed by atoms with Crippen LogP contribution in [0.4, 0.5) is 0 Å². The maximum Gasteiger partial charge on any atom is 0.165 e. The lowest BCUT2D eigenvalue weighted by molar-refractivity contribution is 0.471. The van der Waals surface area contributed by atoms with Gasteiger partial charge in [0.05, 0.1) is 5.69 Å². The summed E-state index contributed by atoms with van der Waals surface area (Å²) in [6, 6.07) is 16.2. The van der Waals surface area contributed by atoms with Crippen molar-refractivity contribution in [3.05, 3.63) is 65.4 Å². The highest BCUT2D eigenvalue weighted by atomic mass is 16.3. The first-order valence-electron chi connectivity index (χ1n) is 7.55. The van der Waals surface area contributed by atoms with Crippen LogP contribution < -0.4 is 0 Å². The number of benzene rings is 2. The molecule has 0 unspecified atom stereocenters. The Bertz CT molecular complexity index is 801. The Morgan fingerprint density at radius 2 is 1.68 bits per heavy atom. The number of rotatable bonds is 3. The van der Waals surface area contributed by atoms with E-state index in [1.54, 1.807) is 0 Å². The maximum absolute atomic E-state index is 10.6. The molecule has 1 N–H and O–H groups in total. The van der Waals surface area contributed by atoms with Gasteiger partial charge in [-0.05, 0) is 31.9 Å². The van der Waals surface area contributed by atoms with Gasteiger partial charge < -0.3 is 5.11 Å². The van der Waals surface area contributed by atoms with Crippen molar-refractivity contribution in [1.82, 2.24) is 9.78 Å². The van der Waals surface area contributed by atoms with Crippen molar-refractivity contribution in [3.63, 3.8) is 0 Å². The average molecular weight is 292 g/mol. The number of aryl methyl sites for hydroxylation is 3. The van der Waals surface area contributed by atoms with E-state index < -0.39 is 0 Å². The largest absolute Gasteiger partial charge is 0.504 e. The Labute approximate surface area is 130 Å². The van der Waals surface area contributed by atoms with Crippen LogP contribution in [0.1, 0.15) is 23.7 Å². The van der Waals surface area contributed by atoms with E-state index in [0.717, 1.165) is 28.2 Å². The average Bonchev–Trinajstić information content (AvgIpc) is 2.85. The Balaban J connectivity index is 2.27. The van der Waals surface area contributed by atoms with E-state index in [0.29, 0.717) is 6.42 Å². The molecular weight excluding hydrogens is 272 g/mol. The molecule has 1 heterocycles. The fourth-order valence-electron chi connectivity index (χ4n) is 2.64. The summed E-state index contributed by atoms with van der Waals surface area (Å²) in [5, 5.41) is 15.2. The molecule has 0 aliphatic heterocycles. The normalized spacial score (nSPS) is 10.9. The molecule has 0 aliphatic rings. The fraction of sp³-hybridized carbons (Fsp3) is 0.211. The molecule has 22 heavy (non-hydrogen) atoms. The third kappa shape index (κ3) is 2.39. The Hall–Kier alpha value is -2.55. The molecule has 0 atom stereocenters. The SMILES string of the molecule is CCc1nn(-c2ccccc2C)c(-c2ccc(C)cc2)c1O. The van der Waals surface area contributed by atoms with Crippen LogP contribution in [0.25, 0.3) is 16.9 Å². The summed E-state index contributed by atoms with van der Waals surface area (Å²) in [5.41, 5.74) is 5.76. The lowest BCUT2D eigenvalue weighted by Crippen LogP contribution is -2.01. The van der Waals surface area contributed by atoms with E-state index in [1.807, 2.05) is 41.9 Å². The van der Waals surface area contributed by atoms with E-state index in [9.17, 15) is 5.11 Å². The van der Waals surface area contributed by atoms with Crippen molar-refractivity contribution in [1.29, 1.82) is 0 Å². The first-order chi connectivity index (χ1) is 10.6. The molecule has 0 saturated heterocycles. The van der Waals surface area contributed by atoms with Gasteiger partial charge in [0.25, 0.3) is 0 Å². The highest BCUT2D eigenvalue weighted by Gasteiger charge is 2.19. The van der Waals surface area contributed by atoms with Crippen molar-refractivity contribution >= 4 is 0 Å². The predicted octanol–water partition coefficient (Wildman–Crippen LogP) is 4.42. The molecule has 0 fully saturated rings. The van der Waals surface area contributed by atoms with Gasteiger partial charge >= 0.3 is 0 Å². The molecule has 2 aromatic carbocycles. The minimum absolute atomic E-state index is 0.273. The van der Waals surface area contributed by atoms with Gasteiger partial charge in [-0.2, -0.15) is 5.10 Å². The fourth-order valence-corrected chi connectivity index (χ4v) is 2.64. The highest BCUT2D eigenvalue weighted by molar-refractivity contribution is 5.70. The molecule has 3 heteroatoms. The van der Waals surface area contributed by atoms with Crippen LogP contribution >= 0.6 is 0 Å². The number of hydrogen-bond donors (Lipinski definition) is 1. The third-order valence-electron chi connectivity index (χ3n) is 3.93. The summed E-state index contributed by atoms with van der Waals surface area (Å²) in [7, 11) is 0. The molecule has 0 bridgehead atoms. The third-order valence-corrected chi connectivity index (χ3v) is 3.93. The lowest BCUT2D eigenvalue weighted by Gasteiger charge is -2.10. The summed E-state index contributed by atoms with van der Waals surface area (Å²) < 4.78 is 1.86. The summed E-state index contributed by atoms with van der Waals surface area (Å²) in [5.74, 6) is 0.273. The Kier molecular flexibility index (Phi) is 3.72. The van der Waals surface area contributed by atoms with Crippen LogP contribution in [-0.2, 0) is 6.42 Å². The summed E-state index contributed by atoms with van der Waals surface area (Å²) in [6.07, 6.45) is 0.698. The number of nitrogens with zero attached hydrogens (tertiary/aromatic N) is 2.